The van der Waals surface area contributed by atoms with Crippen LogP contribution in [-0.2, 0) is 29.5 Å². The van der Waals surface area contributed by atoms with Gasteiger partial charge in [0.1, 0.15) is 9.92 Å². The largest absolute Gasteiger partial charge is 0.489 e. The molecule has 0 radical (unpaired) electrons. The van der Waals surface area contributed by atoms with Gasteiger partial charge in [-0.2, -0.15) is 0 Å². The third kappa shape index (κ3) is 3.89. The Labute approximate surface area is 134 Å². The zero-order valence-electron chi connectivity index (χ0n) is 12.1. The molecular weight excluding hydrogens is 378 g/mol. The van der Waals surface area contributed by atoms with Crippen molar-refractivity contribution in [2.75, 3.05) is 25.4 Å². The van der Waals surface area contributed by atoms with Crippen molar-refractivity contribution in [3.8, 4) is 5.75 Å². The van der Waals surface area contributed by atoms with Crippen LogP contribution in [0.2, 0.25) is 5.02 Å². The highest BCUT2D eigenvalue weighted by Crippen LogP contribution is 2.39. The quantitative estimate of drug-likeness (QED) is 0.703. The van der Waals surface area contributed by atoms with Gasteiger partial charge in [-0.1, -0.05) is 11.6 Å². The number of nitrogens with zero attached hydrogens (tertiary/aromatic N) is 1. The fourth-order valence-electron chi connectivity index (χ4n) is 1.59. The first-order valence-corrected chi connectivity index (χ1v) is 11.7. The van der Waals surface area contributed by atoms with E-state index in [-0.39, 0.29) is 6.61 Å². The highest BCUT2D eigenvalue weighted by atomic mass is 35.5. The highest BCUT2D eigenvalue weighted by Gasteiger charge is 2.33. The first kappa shape index (κ1) is 19.1. The standard InChI is InChI=1S/C10H14ClNO7S3/c1-5-19-7-8(20(2,13)14)6(11)9(21(3,15)16)12-10(7)22(4,17)18/h5H2,1-4H3. The molecule has 126 valence electrons. The molecule has 0 atom stereocenters. The topological polar surface area (TPSA) is 125 Å². The summed E-state index contributed by atoms with van der Waals surface area (Å²) < 4.78 is 76.0. The molecule has 1 aromatic rings. The molecule has 1 heterocycles. The lowest BCUT2D eigenvalue weighted by Crippen LogP contribution is -2.15. The molecule has 0 unspecified atom stereocenters. The summed E-state index contributed by atoms with van der Waals surface area (Å²) >= 11 is 5.85. The van der Waals surface area contributed by atoms with E-state index in [1.165, 1.54) is 6.92 Å². The second kappa shape index (κ2) is 5.95. The minimum absolute atomic E-state index is 0.0682. The van der Waals surface area contributed by atoms with Crippen molar-refractivity contribution in [1.29, 1.82) is 0 Å². The Balaban J connectivity index is 4.21. The van der Waals surface area contributed by atoms with Crippen molar-refractivity contribution in [2.45, 2.75) is 21.9 Å². The number of hydrogen-bond acceptors (Lipinski definition) is 8. The van der Waals surface area contributed by atoms with Crippen LogP contribution in [0.4, 0.5) is 0 Å². The number of sulfone groups is 3. The number of hydrogen-bond donors (Lipinski definition) is 0. The Morgan fingerprint density at radius 1 is 0.909 bits per heavy atom. The molecule has 0 amide bonds. The third-order valence-corrected chi connectivity index (χ3v) is 6.05. The number of ether oxygens (including phenoxy) is 1. The molecule has 0 saturated heterocycles. The molecule has 12 heteroatoms. The van der Waals surface area contributed by atoms with E-state index < -0.39 is 55.2 Å². The second-order valence-corrected chi connectivity index (χ2v) is 10.6. The average molecular weight is 392 g/mol. The van der Waals surface area contributed by atoms with Crippen molar-refractivity contribution < 1.29 is 30.0 Å². The summed E-state index contributed by atoms with van der Waals surface area (Å²) in [5.74, 6) is -0.579. The van der Waals surface area contributed by atoms with Crippen molar-refractivity contribution >= 4 is 41.1 Å². The van der Waals surface area contributed by atoms with Gasteiger partial charge in [0, 0.05) is 18.8 Å². The summed E-state index contributed by atoms with van der Waals surface area (Å²) in [6, 6.07) is 0. The van der Waals surface area contributed by atoms with Gasteiger partial charge in [0.25, 0.3) is 0 Å². The predicted molar refractivity (Wildman–Crippen MR) is 79.7 cm³/mol. The molecule has 0 aliphatic carbocycles. The molecule has 0 aromatic carbocycles. The van der Waals surface area contributed by atoms with Gasteiger partial charge in [0.05, 0.1) is 6.61 Å². The second-order valence-electron chi connectivity index (χ2n) is 4.44. The molecule has 0 fully saturated rings. The number of aromatic nitrogens is 1. The number of rotatable bonds is 5. The van der Waals surface area contributed by atoms with Gasteiger partial charge >= 0.3 is 0 Å². The SMILES string of the molecule is CCOc1c(S(C)(=O)=O)nc(S(C)(=O)=O)c(Cl)c1S(C)(=O)=O. The Bertz CT molecular complexity index is 918. The van der Waals surface area contributed by atoms with Crippen molar-refractivity contribution in [3.05, 3.63) is 5.02 Å². The lowest BCUT2D eigenvalue weighted by Gasteiger charge is -2.15. The lowest BCUT2D eigenvalue weighted by atomic mass is 10.4. The van der Waals surface area contributed by atoms with E-state index in [0.29, 0.717) is 0 Å². The smallest absolute Gasteiger partial charge is 0.199 e. The predicted octanol–water partition coefficient (Wildman–Crippen LogP) is 0.344. The van der Waals surface area contributed by atoms with Gasteiger partial charge in [-0.15, -0.1) is 0 Å². The van der Waals surface area contributed by atoms with E-state index in [9.17, 15) is 25.3 Å². The molecule has 0 aliphatic heterocycles. The summed E-state index contributed by atoms with van der Waals surface area (Å²) in [6.07, 6.45) is 2.25. The van der Waals surface area contributed by atoms with Gasteiger partial charge in [0.2, 0.25) is 0 Å². The molecule has 1 aromatic heterocycles. The molecule has 0 bridgehead atoms. The van der Waals surface area contributed by atoms with Crippen LogP contribution in [0.5, 0.6) is 5.75 Å². The fraction of sp³-hybridized carbons (Fsp3) is 0.500. The van der Waals surface area contributed by atoms with E-state index in [4.69, 9.17) is 16.3 Å². The van der Waals surface area contributed by atoms with E-state index in [1.807, 2.05) is 0 Å². The zero-order chi connectivity index (χ0) is 17.5. The van der Waals surface area contributed by atoms with Gasteiger partial charge < -0.3 is 4.74 Å². The number of pyridine rings is 1. The van der Waals surface area contributed by atoms with E-state index in [2.05, 4.69) is 4.98 Å². The summed E-state index contributed by atoms with van der Waals surface area (Å²) in [4.78, 5) is 2.79. The Hall–Kier alpha value is -0.910. The monoisotopic (exact) mass is 391 g/mol. The van der Waals surface area contributed by atoms with Gasteiger partial charge in [-0.3, -0.25) is 0 Å². The van der Waals surface area contributed by atoms with Gasteiger partial charge in [0.15, 0.2) is 45.3 Å². The summed E-state index contributed by atoms with van der Waals surface area (Å²) in [5, 5.41) is -2.32. The maximum atomic E-state index is 11.9. The van der Waals surface area contributed by atoms with Gasteiger partial charge in [-0.05, 0) is 6.92 Å². The van der Waals surface area contributed by atoms with Crippen molar-refractivity contribution in [3.63, 3.8) is 0 Å². The first-order valence-electron chi connectivity index (χ1n) is 5.67. The van der Waals surface area contributed by atoms with Crippen molar-refractivity contribution in [1.82, 2.24) is 4.98 Å². The molecule has 1 rings (SSSR count). The Morgan fingerprint density at radius 2 is 1.36 bits per heavy atom. The normalized spacial score (nSPS) is 13.1. The van der Waals surface area contributed by atoms with E-state index in [1.54, 1.807) is 0 Å². The average Bonchev–Trinajstić information content (AvgIpc) is 2.23. The maximum Gasteiger partial charge on any atom is 0.199 e. The first-order chi connectivity index (χ1) is 9.71. The van der Waals surface area contributed by atoms with Crippen LogP contribution in [0, 0.1) is 0 Å². The third-order valence-electron chi connectivity index (χ3n) is 2.35. The van der Waals surface area contributed by atoms with E-state index in [0.717, 1.165) is 18.8 Å². The fourth-order valence-corrected chi connectivity index (χ4v) is 5.10. The lowest BCUT2D eigenvalue weighted by molar-refractivity contribution is 0.317. The minimum atomic E-state index is -4.08. The summed E-state index contributed by atoms with van der Waals surface area (Å²) in [7, 11) is -12.2. The van der Waals surface area contributed by atoms with Crippen LogP contribution in [-0.4, -0.2) is 55.6 Å². The van der Waals surface area contributed by atoms with Crippen LogP contribution in [0.15, 0.2) is 14.9 Å². The molecular formula is C10H14ClNO7S3. The van der Waals surface area contributed by atoms with Crippen LogP contribution < -0.4 is 4.74 Å². The molecule has 8 nitrogen and oxygen atoms in total. The number of halogens is 1. The molecule has 0 saturated carbocycles. The highest BCUT2D eigenvalue weighted by molar-refractivity contribution is 7.92. The summed E-state index contributed by atoms with van der Waals surface area (Å²) in [5.41, 5.74) is 0. The van der Waals surface area contributed by atoms with Gasteiger partial charge in [-0.25, -0.2) is 30.2 Å². The molecule has 22 heavy (non-hydrogen) atoms. The molecule has 0 N–H and O–H groups in total. The Morgan fingerprint density at radius 3 is 1.68 bits per heavy atom. The molecule has 0 aliphatic rings. The van der Waals surface area contributed by atoms with Crippen LogP contribution >= 0.6 is 11.6 Å². The zero-order valence-corrected chi connectivity index (χ0v) is 15.3. The van der Waals surface area contributed by atoms with Crippen molar-refractivity contribution in [2.24, 2.45) is 0 Å². The molecule has 0 spiro atoms. The van der Waals surface area contributed by atoms with E-state index >= 15 is 0 Å². The van der Waals surface area contributed by atoms with Crippen LogP contribution in [0.1, 0.15) is 6.92 Å². The minimum Gasteiger partial charge on any atom is -0.489 e. The maximum absolute atomic E-state index is 11.9. The Kier molecular flexibility index (Phi) is 5.17. The van der Waals surface area contributed by atoms with Crippen LogP contribution in [0.3, 0.4) is 0 Å². The summed E-state index contributed by atoms with van der Waals surface area (Å²) in [6.45, 7) is 1.43. The van der Waals surface area contributed by atoms with Crippen LogP contribution in [0.25, 0.3) is 0 Å².